The lowest BCUT2D eigenvalue weighted by Crippen LogP contribution is -2.08. The second-order valence-corrected chi connectivity index (χ2v) is 4.97. The van der Waals surface area contributed by atoms with Crippen LogP contribution in [0.15, 0.2) is 18.2 Å². The van der Waals surface area contributed by atoms with Gasteiger partial charge in [-0.1, -0.05) is 23.6 Å². The number of alkyl halides is 3. The van der Waals surface area contributed by atoms with Crippen LogP contribution < -0.4 is 5.73 Å². The van der Waals surface area contributed by atoms with Gasteiger partial charge in [0.15, 0.2) is 5.12 Å². The molecule has 0 bridgehead atoms. The summed E-state index contributed by atoms with van der Waals surface area (Å²) in [6.45, 7) is 1.43. The van der Waals surface area contributed by atoms with Crippen molar-refractivity contribution in [3.05, 3.63) is 29.3 Å². The van der Waals surface area contributed by atoms with E-state index in [1.54, 1.807) is 0 Å². The summed E-state index contributed by atoms with van der Waals surface area (Å²) >= 11 is 1.09. The minimum atomic E-state index is -4.48. The Labute approximate surface area is 113 Å². The highest BCUT2D eigenvalue weighted by molar-refractivity contribution is 8.13. The molecule has 0 heterocycles. The lowest BCUT2D eigenvalue weighted by atomic mass is 10.1. The number of benzene rings is 1. The maximum atomic E-state index is 12.7. The van der Waals surface area contributed by atoms with E-state index in [0.717, 1.165) is 17.8 Å². The third-order valence-electron chi connectivity index (χ3n) is 2.10. The predicted molar refractivity (Wildman–Crippen MR) is 70.5 cm³/mol. The third-order valence-corrected chi connectivity index (χ3v) is 2.92. The van der Waals surface area contributed by atoms with Crippen LogP contribution in [-0.2, 0) is 11.0 Å². The molecule has 0 spiro atoms. The SMILES string of the molecule is CC(=O)SCCC#Cc1ccc(N)cc1C(F)(F)F. The first-order valence-corrected chi connectivity index (χ1v) is 6.38. The van der Waals surface area contributed by atoms with E-state index in [1.807, 2.05) is 0 Å². The van der Waals surface area contributed by atoms with Crippen molar-refractivity contribution in [2.24, 2.45) is 0 Å². The number of carbonyl (C=O) groups is 1. The van der Waals surface area contributed by atoms with Gasteiger partial charge in [-0.3, -0.25) is 4.79 Å². The summed E-state index contributed by atoms with van der Waals surface area (Å²) in [5, 5.41) is -0.0368. The average molecular weight is 287 g/mol. The van der Waals surface area contributed by atoms with Gasteiger partial charge in [0.1, 0.15) is 0 Å². The van der Waals surface area contributed by atoms with Gasteiger partial charge in [0.2, 0.25) is 0 Å². The molecular weight excluding hydrogens is 275 g/mol. The fraction of sp³-hybridized carbons (Fsp3) is 0.308. The van der Waals surface area contributed by atoms with E-state index in [0.29, 0.717) is 12.2 Å². The molecule has 1 rings (SSSR count). The Balaban J connectivity index is 2.84. The molecule has 0 saturated heterocycles. The molecule has 0 amide bonds. The van der Waals surface area contributed by atoms with Crippen LogP contribution in [0.2, 0.25) is 0 Å². The van der Waals surface area contributed by atoms with Crippen molar-refractivity contribution in [1.29, 1.82) is 0 Å². The van der Waals surface area contributed by atoms with Gasteiger partial charge < -0.3 is 5.73 Å². The Bertz CT molecular complexity index is 529. The average Bonchev–Trinajstić information content (AvgIpc) is 2.28. The van der Waals surface area contributed by atoms with Crippen molar-refractivity contribution in [3.63, 3.8) is 0 Å². The largest absolute Gasteiger partial charge is 0.417 e. The fourth-order valence-corrected chi connectivity index (χ4v) is 1.80. The van der Waals surface area contributed by atoms with Crippen molar-refractivity contribution in [2.45, 2.75) is 19.5 Å². The zero-order valence-corrected chi connectivity index (χ0v) is 11.0. The van der Waals surface area contributed by atoms with Gasteiger partial charge >= 0.3 is 6.18 Å². The Morgan fingerprint density at radius 3 is 2.68 bits per heavy atom. The van der Waals surface area contributed by atoms with Gasteiger partial charge in [-0.25, -0.2) is 0 Å². The number of thioether (sulfide) groups is 1. The number of hydrogen-bond donors (Lipinski definition) is 1. The quantitative estimate of drug-likeness (QED) is 0.515. The molecule has 0 saturated carbocycles. The first kappa shape index (κ1) is 15.4. The minimum Gasteiger partial charge on any atom is -0.399 e. The molecule has 0 aliphatic heterocycles. The van der Waals surface area contributed by atoms with Gasteiger partial charge in [-0.2, -0.15) is 13.2 Å². The molecule has 1 aromatic rings. The number of anilines is 1. The van der Waals surface area contributed by atoms with E-state index in [4.69, 9.17) is 5.73 Å². The molecule has 0 unspecified atom stereocenters. The van der Waals surface area contributed by atoms with Crippen molar-refractivity contribution in [1.82, 2.24) is 0 Å². The molecular formula is C13H12F3NOS. The molecule has 2 nitrogen and oxygen atoms in total. The first-order chi connectivity index (χ1) is 8.80. The zero-order chi connectivity index (χ0) is 14.5. The topological polar surface area (TPSA) is 43.1 Å². The Kier molecular flexibility index (Phi) is 5.31. The number of hydrogen-bond acceptors (Lipinski definition) is 3. The lowest BCUT2D eigenvalue weighted by molar-refractivity contribution is -0.137. The molecule has 6 heteroatoms. The number of nitrogen functional groups attached to an aromatic ring is 1. The molecule has 0 aromatic heterocycles. The van der Waals surface area contributed by atoms with E-state index < -0.39 is 11.7 Å². The Morgan fingerprint density at radius 2 is 2.11 bits per heavy atom. The third kappa shape index (κ3) is 5.26. The number of nitrogens with two attached hydrogens (primary N) is 1. The normalized spacial score (nSPS) is 10.7. The summed E-state index contributed by atoms with van der Waals surface area (Å²) < 4.78 is 38.2. The first-order valence-electron chi connectivity index (χ1n) is 5.39. The molecule has 19 heavy (non-hydrogen) atoms. The standard InChI is InChI=1S/C13H12F3NOS/c1-9(18)19-7-3-2-4-10-5-6-11(17)8-12(10)13(14,15)16/h5-6,8H,3,7,17H2,1H3. The van der Waals surface area contributed by atoms with Crippen LogP contribution in [0, 0.1) is 11.8 Å². The molecule has 0 aliphatic carbocycles. The maximum absolute atomic E-state index is 12.7. The summed E-state index contributed by atoms with van der Waals surface area (Å²) in [6.07, 6.45) is -4.13. The van der Waals surface area contributed by atoms with Crippen LogP contribution in [0.3, 0.4) is 0 Å². The van der Waals surface area contributed by atoms with Crippen molar-refractivity contribution >= 4 is 22.6 Å². The van der Waals surface area contributed by atoms with Gasteiger partial charge in [0.05, 0.1) is 5.56 Å². The van der Waals surface area contributed by atoms with Crippen molar-refractivity contribution in [2.75, 3.05) is 11.5 Å². The van der Waals surface area contributed by atoms with E-state index in [-0.39, 0.29) is 16.4 Å². The minimum absolute atomic E-state index is 0.0368. The van der Waals surface area contributed by atoms with Gasteiger partial charge in [-0.15, -0.1) is 0 Å². The number of rotatable bonds is 2. The van der Waals surface area contributed by atoms with Crippen LogP contribution >= 0.6 is 11.8 Å². The Morgan fingerprint density at radius 1 is 1.42 bits per heavy atom. The van der Waals surface area contributed by atoms with Crippen LogP contribution in [-0.4, -0.2) is 10.9 Å². The van der Waals surface area contributed by atoms with E-state index in [9.17, 15) is 18.0 Å². The molecule has 102 valence electrons. The predicted octanol–water partition coefficient (Wildman–Crippen LogP) is 3.31. The molecule has 0 radical (unpaired) electrons. The van der Waals surface area contributed by atoms with E-state index >= 15 is 0 Å². The molecule has 0 fully saturated rings. The highest BCUT2D eigenvalue weighted by Crippen LogP contribution is 2.32. The Hall–Kier alpha value is -1.61. The van der Waals surface area contributed by atoms with Crippen LogP contribution in [0.4, 0.5) is 18.9 Å². The zero-order valence-electron chi connectivity index (χ0n) is 10.2. The molecule has 2 N–H and O–H groups in total. The summed E-state index contributed by atoms with van der Waals surface area (Å²) in [6, 6.07) is 3.50. The summed E-state index contributed by atoms with van der Waals surface area (Å²) in [7, 11) is 0. The highest BCUT2D eigenvalue weighted by Gasteiger charge is 2.33. The van der Waals surface area contributed by atoms with Crippen LogP contribution in [0.1, 0.15) is 24.5 Å². The van der Waals surface area contributed by atoms with Crippen LogP contribution in [0.25, 0.3) is 0 Å². The van der Waals surface area contributed by atoms with Crippen molar-refractivity contribution in [3.8, 4) is 11.8 Å². The maximum Gasteiger partial charge on any atom is 0.417 e. The van der Waals surface area contributed by atoms with Crippen LogP contribution in [0.5, 0.6) is 0 Å². The van der Waals surface area contributed by atoms with Gasteiger partial charge in [-0.05, 0) is 18.2 Å². The second-order valence-electron chi connectivity index (χ2n) is 3.69. The fourth-order valence-electron chi connectivity index (χ4n) is 1.31. The van der Waals surface area contributed by atoms with Gasteiger partial charge in [0.25, 0.3) is 0 Å². The van der Waals surface area contributed by atoms with E-state index in [1.165, 1.54) is 19.1 Å². The van der Waals surface area contributed by atoms with E-state index in [2.05, 4.69) is 11.8 Å². The molecule has 1 aromatic carbocycles. The summed E-state index contributed by atoms with van der Waals surface area (Å²) in [5.41, 5.74) is 4.45. The molecule has 0 aliphatic rings. The molecule has 0 atom stereocenters. The second kappa shape index (κ2) is 6.53. The smallest absolute Gasteiger partial charge is 0.399 e. The number of halogens is 3. The summed E-state index contributed by atoms with van der Waals surface area (Å²) in [5.74, 6) is 5.57. The monoisotopic (exact) mass is 287 g/mol. The summed E-state index contributed by atoms with van der Waals surface area (Å²) in [4.78, 5) is 10.7. The van der Waals surface area contributed by atoms with Gasteiger partial charge in [0, 0.05) is 30.3 Å². The highest BCUT2D eigenvalue weighted by atomic mass is 32.2. The van der Waals surface area contributed by atoms with Crippen molar-refractivity contribution < 1.29 is 18.0 Å². The lowest BCUT2D eigenvalue weighted by Gasteiger charge is -2.09. The number of carbonyl (C=O) groups excluding carboxylic acids is 1.